The summed E-state index contributed by atoms with van der Waals surface area (Å²) in [5.41, 5.74) is 0.920. The van der Waals surface area contributed by atoms with Gasteiger partial charge in [0.2, 0.25) is 5.75 Å². The quantitative estimate of drug-likeness (QED) is 0.887. The van der Waals surface area contributed by atoms with Crippen molar-refractivity contribution in [3.05, 3.63) is 47.5 Å². The lowest BCUT2D eigenvalue weighted by Crippen LogP contribution is -2.20. The van der Waals surface area contributed by atoms with E-state index in [-0.39, 0.29) is 40.8 Å². The molecule has 108 valence electrons. The number of rotatable bonds is 2. The third-order valence-corrected chi connectivity index (χ3v) is 3.49. The number of methoxy groups -OCH3 is 1. The minimum atomic E-state index is -0.432. The maximum absolute atomic E-state index is 12.3. The lowest BCUT2D eigenvalue weighted by molar-refractivity contribution is 0.0843. The van der Waals surface area contributed by atoms with Gasteiger partial charge < -0.3 is 19.7 Å². The zero-order chi connectivity index (χ0) is 15.0. The summed E-state index contributed by atoms with van der Waals surface area (Å²) in [5, 5.41) is 19.9. The summed E-state index contributed by atoms with van der Waals surface area (Å²) in [5.74, 6) is -0.861. The Morgan fingerprint density at radius 2 is 1.95 bits per heavy atom. The van der Waals surface area contributed by atoms with Gasteiger partial charge in [-0.05, 0) is 5.56 Å². The Hall–Kier alpha value is -2.69. The standard InChI is InChI=1S/C16H14O5/c1-20-16-11(18)8-13-14(15(16)19)10(17)7-12(21-13)9-5-3-2-4-6-9/h2-6,8,12,18-19H,7H2,1H3/t12-/m0/s1. The Labute approximate surface area is 121 Å². The summed E-state index contributed by atoms with van der Waals surface area (Å²) in [6, 6.07) is 10.6. The van der Waals surface area contributed by atoms with Crippen molar-refractivity contribution >= 4 is 5.78 Å². The van der Waals surface area contributed by atoms with Crippen LogP contribution in [0, 0.1) is 0 Å². The lowest BCUT2D eigenvalue weighted by atomic mass is 9.95. The fourth-order valence-corrected chi connectivity index (χ4v) is 2.50. The Morgan fingerprint density at radius 3 is 2.62 bits per heavy atom. The molecule has 0 radical (unpaired) electrons. The summed E-state index contributed by atoms with van der Waals surface area (Å²) in [6.45, 7) is 0. The molecule has 0 amide bonds. The molecule has 1 heterocycles. The summed E-state index contributed by atoms with van der Waals surface area (Å²) < 4.78 is 10.6. The third kappa shape index (κ3) is 2.16. The second kappa shape index (κ2) is 5.01. The second-order valence-electron chi connectivity index (χ2n) is 4.80. The molecule has 0 bridgehead atoms. The van der Waals surface area contributed by atoms with Crippen molar-refractivity contribution in [1.82, 2.24) is 0 Å². The molecule has 0 aromatic heterocycles. The number of hydrogen-bond acceptors (Lipinski definition) is 5. The van der Waals surface area contributed by atoms with Gasteiger partial charge >= 0.3 is 0 Å². The zero-order valence-corrected chi connectivity index (χ0v) is 11.4. The minimum absolute atomic E-state index is 0.0526. The molecular weight excluding hydrogens is 272 g/mol. The van der Waals surface area contributed by atoms with Crippen LogP contribution in [0.15, 0.2) is 36.4 Å². The highest BCUT2D eigenvalue weighted by Crippen LogP contribution is 2.48. The molecule has 0 unspecified atom stereocenters. The number of hydrogen-bond donors (Lipinski definition) is 2. The van der Waals surface area contributed by atoms with Crippen LogP contribution in [0.5, 0.6) is 23.0 Å². The van der Waals surface area contributed by atoms with Crippen LogP contribution in [-0.2, 0) is 0 Å². The molecule has 2 aromatic carbocycles. The average molecular weight is 286 g/mol. The molecule has 0 fully saturated rings. The first kappa shape index (κ1) is 13.3. The largest absolute Gasteiger partial charge is 0.504 e. The summed E-state index contributed by atoms with van der Waals surface area (Å²) in [4.78, 5) is 12.3. The molecule has 2 N–H and O–H groups in total. The molecule has 3 rings (SSSR count). The number of benzene rings is 2. The summed E-state index contributed by atoms with van der Waals surface area (Å²) >= 11 is 0. The summed E-state index contributed by atoms with van der Waals surface area (Å²) in [6.07, 6.45) is -0.309. The van der Waals surface area contributed by atoms with Gasteiger partial charge in [-0.1, -0.05) is 30.3 Å². The van der Waals surface area contributed by atoms with Crippen LogP contribution in [-0.4, -0.2) is 23.1 Å². The van der Waals surface area contributed by atoms with E-state index >= 15 is 0 Å². The number of carbonyl (C=O) groups excluding carboxylic acids is 1. The van der Waals surface area contributed by atoms with E-state index in [1.54, 1.807) is 0 Å². The molecule has 2 aromatic rings. The van der Waals surface area contributed by atoms with Crippen molar-refractivity contribution in [3.63, 3.8) is 0 Å². The van der Waals surface area contributed by atoms with Crippen LogP contribution in [0.1, 0.15) is 28.4 Å². The van der Waals surface area contributed by atoms with Crippen molar-refractivity contribution < 1.29 is 24.5 Å². The maximum atomic E-state index is 12.3. The van der Waals surface area contributed by atoms with Crippen molar-refractivity contribution in [1.29, 1.82) is 0 Å². The molecule has 5 heteroatoms. The van der Waals surface area contributed by atoms with Crippen molar-refractivity contribution in [2.24, 2.45) is 0 Å². The van der Waals surface area contributed by atoms with Gasteiger partial charge in [-0.3, -0.25) is 4.79 Å². The van der Waals surface area contributed by atoms with Gasteiger partial charge in [0.1, 0.15) is 17.4 Å². The predicted molar refractivity (Wildman–Crippen MR) is 75.1 cm³/mol. The number of carbonyl (C=O) groups is 1. The van der Waals surface area contributed by atoms with E-state index in [0.717, 1.165) is 5.56 Å². The van der Waals surface area contributed by atoms with E-state index in [1.807, 2.05) is 30.3 Å². The number of phenols is 2. The minimum Gasteiger partial charge on any atom is -0.504 e. The Bertz CT molecular complexity index is 694. The van der Waals surface area contributed by atoms with Crippen LogP contribution >= 0.6 is 0 Å². The van der Waals surface area contributed by atoms with E-state index in [9.17, 15) is 15.0 Å². The van der Waals surface area contributed by atoms with Gasteiger partial charge in [-0.25, -0.2) is 0 Å². The SMILES string of the molecule is COc1c(O)cc2c(c1O)C(=O)C[C@@H](c1ccccc1)O2. The van der Waals surface area contributed by atoms with Gasteiger partial charge in [0.25, 0.3) is 0 Å². The smallest absolute Gasteiger partial charge is 0.203 e. The monoisotopic (exact) mass is 286 g/mol. The maximum Gasteiger partial charge on any atom is 0.203 e. The number of ether oxygens (including phenoxy) is 2. The van der Waals surface area contributed by atoms with Crippen molar-refractivity contribution in [2.75, 3.05) is 7.11 Å². The zero-order valence-electron chi connectivity index (χ0n) is 11.4. The van der Waals surface area contributed by atoms with Gasteiger partial charge in [0, 0.05) is 6.07 Å². The first-order valence-corrected chi connectivity index (χ1v) is 6.49. The number of phenolic OH excluding ortho intramolecular Hbond substituents is 2. The van der Waals surface area contributed by atoms with E-state index in [1.165, 1.54) is 13.2 Å². The molecule has 1 aliphatic heterocycles. The van der Waals surface area contributed by atoms with Crippen LogP contribution < -0.4 is 9.47 Å². The van der Waals surface area contributed by atoms with E-state index in [2.05, 4.69) is 0 Å². The van der Waals surface area contributed by atoms with E-state index < -0.39 is 6.10 Å². The molecule has 0 spiro atoms. The van der Waals surface area contributed by atoms with Crippen LogP contribution in [0.3, 0.4) is 0 Å². The molecule has 21 heavy (non-hydrogen) atoms. The number of fused-ring (bicyclic) bond motifs is 1. The second-order valence-corrected chi connectivity index (χ2v) is 4.80. The van der Waals surface area contributed by atoms with E-state index in [4.69, 9.17) is 9.47 Å². The molecule has 0 saturated carbocycles. The van der Waals surface area contributed by atoms with Gasteiger partial charge in [0.05, 0.1) is 13.5 Å². The van der Waals surface area contributed by atoms with Crippen LogP contribution in [0.25, 0.3) is 0 Å². The first-order valence-electron chi connectivity index (χ1n) is 6.49. The van der Waals surface area contributed by atoms with Crippen LogP contribution in [0.4, 0.5) is 0 Å². The Morgan fingerprint density at radius 1 is 1.24 bits per heavy atom. The van der Waals surface area contributed by atoms with Crippen molar-refractivity contribution in [2.45, 2.75) is 12.5 Å². The highest BCUT2D eigenvalue weighted by Gasteiger charge is 2.33. The Kier molecular flexibility index (Phi) is 3.17. The fourth-order valence-electron chi connectivity index (χ4n) is 2.50. The topological polar surface area (TPSA) is 76.0 Å². The van der Waals surface area contributed by atoms with Crippen LogP contribution in [0.2, 0.25) is 0 Å². The predicted octanol–water partition coefficient (Wildman–Crippen LogP) is 2.81. The molecule has 0 aliphatic carbocycles. The fraction of sp³-hybridized carbons (Fsp3) is 0.188. The number of ketones is 1. The third-order valence-electron chi connectivity index (χ3n) is 3.49. The van der Waals surface area contributed by atoms with Gasteiger partial charge in [0.15, 0.2) is 17.3 Å². The number of aromatic hydroxyl groups is 2. The lowest BCUT2D eigenvalue weighted by Gasteiger charge is -2.26. The number of Topliss-reactive ketones (excluding diaryl/α,β-unsaturated/α-hetero) is 1. The Balaban J connectivity index is 2.06. The molecule has 1 aliphatic rings. The first-order chi connectivity index (χ1) is 10.1. The molecular formula is C16H14O5. The molecule has 5 nitrogen and oxygen atoms in total. The van der Waals surface area contributed by atoms with E-state index in [0.29, 0.717) is 0 Å². The average Bonchev–Trinajstić information content (AvgIpc) is 2.47. The van der Waals surface area contributed by atoms with Gasteiger partial charge in [-0.15, -0.1) is 0 Å². The van der Waals surface area contributed by atoms with Crippen molar-refractivity contribution in [3.8, 4) is 23.0 Å². The molecule has 1 atom stereocenters. The normalized spacial score (nSPS) is 17.0. The summed E-state index contributed by atoms with van der Waals surface area (Å²) in [7, 11) is 1.31. The highest BCUT2D eigenvalue weighted by atomic mass is 16.5. The highest BCUT2D eigenvalue weighted by molar-refractivity contribution is 6.03. The van der Waals surface area contributed by atoms with Gasteiger partial charge in [-0.2, -0.15) is 0 Å². The molecule has 0 saturated heterocycles.